The molecular formula is C43H48F3N9O5S. The quantitative estimate of drug-likeness (QED) is 0.134. The summed E-state index contributed by atoms with van der Waals surface area (Å²) >= 11 is 4.73. The number of nitriles is 2. The predicted octanol–water partition coefficient (Wildman–Crippen LogP) is 5.49. The van der Waals surface area contributed by atoms with Crippen LogP contribution in [0, 0.1) is 22.7 Å². The molecule has 3 saturated heterocycles. The first-order chi connectivity index (χ1) is 28.8. The minimum atomic E-state index is -4.79. The highest BCUT2D eigenvalue weighted by Crippen LogP contribution is 2.43. The average molecular weight is 860 g/mol. The summed E-state index contributed by atoms with van der Waals surface area (Å²) in [5, 5.41) is 27.1. The second kappa shape index (κ2) is 18.0. The van der Waals surface area contributed by atoms with Crippen LogP contribution in [0.2, 0.25) is 0 Å². The lowest BCUT2D eigenvalue weighted by atomic mass is 10.0. The van der Waals surface area contributed by atoms with Crippen molar-refractivity contribution < 1.29 is 37.1 Å². The number of carbonyl (C=O) groups is 4. The van der Waals surface area contributed by atoms with E-state index >= 15 is 0 Å². The zero-order valence-electron chi connectivity index (χ0n) is 34.5. The normalized spacial score (nSPS) is 22.0. The standard InChI is InChI=1S/C43H48F3N9O5S/c1-6-28-17-33(55-41(61)54(40(59)42(55,4)5)32-8-7-29(21-48)34(19-32)43(44,45)46)9-11-36(28)60-14-13-52-22-25(2)53(26(3)23-52)24-38(57)50-31-16-27(20-47)15-30(18-31)49-35-10-12-37(56)51-39(35)58/h7-9,11,15-19,25-26,35,41,49,61H,6,10,12-14,22-24H2,1-5H3,(H,50,57)(H,51,56,58)/t25-,26+,35?,41?. The maximum atomic E-state index is 13.8. The number of imide groups is 1. The van der Waals surface area contributed by atoms with E-state index in [-0.39, 0.29) is 42.6 Å². The van der Waals surface area contributed by atoms with Gasteiger partial charge in [-0.3, -0.25) is 39.2 Å². The lowest BCUT2D eigenvalue weighted by Crippen LogP contribution is -2.58. The van der Waals surface area contributed by atoms with Crippen molar-refractivity contribution in [2.45, 2.75) is 89.2 Å². The van der Waals surface area contributed by atoms with Crippen LogP contribution in [-0.4, -0.2) is 95.4 Å². The van der Waals surface area contributed by atoms with Gasteiger partial charge in [0.2, 0.25) is 17.7 Å². The summed E-state index contributed by atoms with van der Waals surface area (Å²) in [5.74, 6) is -0.816. The van der Waals surface area contributed by atoms with Crippen molar-refractivity contribution in [3.05, 3.63) is 76.9 Å². The summed E-state index contributed by atoms with van der Waals surface area (Å²) in [6.45, 7) is 12.0. The molecule has 3 aliphatic heterocycles. The van der Waals surface area contributed by atoms with Gasteiger partial charge in [-0.25, -0.2) is 0 Å². The topological polar surface area (TPSA) is 174 Å². The minimum Gasteiger partial charge on any atom is -0.492 e. The van der Waals surface area contributed by atoms with Gasteiger partial charge >= 0.3 is 6.18 Å². The van der Waals surface area contributed by atoms with Crippen LogP contribution in [0.15, 0.2) is 54.6 Å². The molecule has 4 atom stereocenters. The van der Waals surface area contributed by atoms with E-state index in [1.54, 1.807) is 49.1 Å². The third-order valence-corrected chi connectivity index (χ3v) is 11.8. The van der Waals surface area contributed by atoms with Gasteiger partial charge in [0.1, 0.15) is 23.9 Å². The van der Waals surface area contributed by atoms with Crippen molar-refractivity contribution >= 4 is 59.0 Å². The molecule has 0 bridgehead atoms. The van der Waals surface area contributed by atoms with Gasteiger partial charge in [-0.05, 0) is 101 Å². The van der Waals surface area contributed by atoms with Gasteiger partial charge in [-0.1, -0.05) is 6.92 Å². The zero-order valence-corrected chi connectivity index (χ0v) is 35.4. The largest absolute Gasteiger partial charge is 0.492 e. The van der Waals surface area contributed by atoms with Crippen LogP contribution in [0.25, 0.3) is 0 Å². The molecule has 18 heteroatoms. The molecule has 3 aromatic carbocycles. The number of thiol groups is 1. The van der Waals surface area contributed by atoms with Gasteiger partial charge in [0, 0.05) is 60.9 Å². The van der Waals surface area contributed by atoms with Crippen molar-refractivity contribution in [1.82, 2.24) is 15.1 Å². The fraction of sp³-hybridized carbons (Fsp3) is 0.442. The molecule has 0 aromatic heterocycles. The molecular weight excluding hydrogens is 812 g/mol. The highest BCUT2D eigenvalue weighted by atomic mass is 32.1. The molecule has 2 unspecified atom stereocenters. The third kappa shape index (κ3) is 9.72. The number of rotatable bonds is 12. The van der Waals surface area contributed by atoms with Crippen molar-refractivity contribution in [2.24, 2.45) is 0 Å². The molecule has 0 saturated carbocycles. The number of benzene rings is 3. The Morgan fingerprint density at radius 2 is 1.67 bits per heavy atom. The van der Waals surface area contributed by atoms with Crippen LogP contribution in [0.4, 0.5) is 35.9 Å². The first kappa shape index (κ1) is 44.7. The number of alkyl halides is 3. The van der Waals surface area contributed by atoms with Crippen molar-refractivity contribution in [3.63, 3.8) is 0 Å². The second-order valence-corrected chi connectivity index (χ2v) is 16.5. The molecule has 61 heavy (non-hydrogen) atoms. The number of halogens is 3. The number of amides is 4. The molecule has 322 valence electrons. The Balaban J connectivity index is 1.04. The summed E-state index contributed by atoms with van der Waals surface area (Å²) in [6, 6.07) is 16.6. The zero-order chi connectivity index (χ0) is 44.4. The Kier molecular flexibility index (Phi) is 13.2. The van der Waals surface area contributed by atoms with Gasteiger partial charge in [-0.2, -0.15) is 23.7 Å². The monoisotopic (exact) mass is 859 g/mol. The fourth-order valence-corrected chi connectivity index (χ4v) is 8.91. The number of hydrogen-bond donors (Lipinski definition) is 4. The maximum absolute atomic E-state index is 13.8. The SMILES string of the molecule is CCc1cc(N2C(S)N(c3ccc(C#N)c(C(F)(F)F)c3)C(=O)C2(C)C)ccc1OCCN1C[C@@H](C)N(CC(=O)Nc2cc(C#N)cc(NC3CCC(=O)NC3=O)c2)[C@@H](C)C1. The summed E-state index contributed by atoms with van der Waals surface area (Å²) in [7, 11) is 0. The van der Waals surface area contributed by atoms with E-state index in [0.29, 0.717) is 67.5 Å². The average Bonchev–Trinajstić information content (AvgIpc) is 3.38. The predicted molar refractivity (Wildman–Crippen MR) is 226 cm³/mol. The lowest BCUT2D eigenvalue weighted by molar-refractivity contribution is -0.138. The Morgan fingerprint density at radius 1 is 0.984 bits per heavy atom. The summed E-state index contributed by atoms with van der Waals surface area (Å²) in [6.07, 6.45) is -3.67. The van der Waals surface area contributed by atoms with Gasteiger partial charge in [0.15, 0.2) is 5.50 Å². The number of ether oxygens (including phenoxy) is 1. The molecule has 4 amide bonds. The number of carbonyl (C=O) groups excluding carboxylic acids is 4. The smallest absolute Gasteiger partial charge is 0.417 e. The molecule has 6 rings (SSSR count). The van der Waals surface area contributed by atoms with Gasteiger partial charge in [-0.15, -0.1) is 12.6 Å². The van der Waals surface area contributed by atoms with E-state index < -0.39 is 46.2 Å². The van der Waals surface area contributed by atoms with E-state index in [1.165, 1.54) is 11.0 Å². The summed E-state index contributed by atoms with van der Waals surface area (Å²) < 4.78 is 47.7. The van der Waals surface area contributed by atoms with E-state index in [9.17, 15) is 42.9 Å². The summed E-state index contributed by atoms with van der Waals surface area (Å²) in [4.78, 5) is 58.2. The summed E-state index contributed by atoms with van der Waals surface area (Å²) in [5.41, 5.74) is -1.11. The number of anilines is 4. The lowest BCUT2D eigenvalue weighted by Gasteiger charge is -2.44. The number of aryl methyl sites for hydroxylation is 1. The fourth-order valence-electron chi connectivity index (χ4n) is 8.25. The van der Waals surface area contributed by atoms with Crippen LogP contribution in [0.1, 0.15) is 69.7 Å². The minimum absolute atomic E-state index is 0.0192. The maximum Gasteiger partial charge on any atom is 0.417 e. The Morgan fingerprint density at radius 3 is 2.31 bits per heavy atom. The third-order valence-electron chi connectivity index (χ3n) is 11.3. The van der Waals surface area contributed by atoms with E-state index in [4.69, 9.17) is 17.4 Å². The van der Waals surface area contributed by atoms with Crippen molar-refractivity contribution in [1.29, 1.82) is 10.5 Å². The van der Waals surface area contributed by atoms with Gasteiger partial charge < -0.3 is 20.3 Å². The van der Waals surface area contributed by atoms with E-state index in [0.717, 1.165) is 17.7 Å². The second-order valence-electron chi connectivity index (χ2n) is 16.0. The van der Waals surface area contributed by atoms with E-state index in [1.807, 2.05) is 19.1 Å². The highest BCUT2D eigenvalue weighted by molar-refractivity contribution is 7.81. The van der Waals surface area contributed by atoms with Crippen LogP contribution < -0.4 is 30.5 Å². The highest BCUT2D eigenvalue weighted by Gasteiger charge is 2.52. The molecule has 3 fully saturated rings. The molecule has 3 heterocycles. The van der Waals surface area contributed by atoms with Crippen LogP contribution in [0.3, 0.4) is 0 Å². The Hall–Kier alpha value is -5.82. The van der Waals surface area contributed by atoms with Gasteiger partial charge in [0.05, 0.1) is 35.4 Å². The number of piperidine rings is 1. The Bertz CT molecular complexity index is 2280. The van der Waals surface area contributed by atoms with Crippen molar-refractivity contribution in [3.8, 4) is 17.9 Å². The number of nitrogens with one attached hydrogen (secondary N) is 3. The molecule has 3 N–H and O–H groups in total. The molecule has 3 aliphatic rings. The first-order valence-electron chi connectivity index (χ1n) is 20.0. The molecule has 14 nitrogen and oxygen atoms in total. The first-order valence-corrected chi connectivity index (χ1v) is 20.5. The molecule has 0 aliphatic carbocycles. The Labute approximate surface area is 358 Å². The van der Waals surface area contributed by atoms with E-state index in [2.05, 4.69) is 45.7 Å². The van der Waals surface area contributed by atoms with Crippen LogP contribution >= 0.6 is 12.6 Å². The van der Waals surface area contributed by atoms with Gasteiger partial charge in [0.25, 0.3) is 5.91 Å². The molecule has 0 spiro atoms. The number of hydrogen-bond acceptors (Lipinski definition) is 12. The number of nitrogens with zero attached hydrogens (tertiary/aromatic N) is 6. The molecule has 0 radical (unpaired) electrons. The number of piperazine rings is 1. The molecule has 3 aromatic rings. The van der Waals surface area contributed by atoms with Crippen LogP contribution in [0.5, 0.6) is 5.75 Å². The van der Waals surface area contributed by atoms with Crippen LogP contribution in [-0.2, 0) is 31.8 Å². The van der Waals surface area contributed by atoms with Crippen molar-refractivity contribution in [2.75, 3.05) is 53.2 Å².